The molecule has 4 aliphatic rings. The van der Waals surface area contributed by atoms with Gasteiger partial charge < -0.3 is 4.90 Å². The number of fused-ring (bicyclic) bond motifs is 1. The lowest BCUT2D eigenvalue weighted by Crippen LogP contribution is -2.60. The molecule has 0 N–H and O–H groups in total. The highest BCUT2D eigenvalue weighted by molar-refractivity contribution is 5.94. The maximum absolute atomic E-state index is 14.0. The monoisotopic (exact) mass is 472 g/mol. The van der Waals surface area contributed by atoms with Gasteiger partial charge in [0.1, 0.15) is 0 Å². The van der Waals surface area contributed by atoms with Crippen molar-refractivity contribution in [2.45, 2.75) is 57.2 Å². The van der Waals surface area contributed by atoms with Crippen LogP contribution in [0.5, 0.6) is 0 Å². The predicted octanol–water partition coefficient (Wildman–Crippen LogP) is 4.50. The highest BCUT2D eigenvalue weighted by atomic mass is 19.4. The van der Waals surface area contributed by atoms with E-state index >= 15 is 0 Å². The molecule has 1 amide bonds. The highest BCUT2D eigenvalue weighted by Crippen LogP contribution is 2.57. The van der Waals surface area contributed by atoms with Crippen LogP contribution in [-0.4, -0.2) is 47.8 Å². The van der Waals surface area contributed by atoms with E-state index in [2.05, 4.69) is 15.2 Å². The van der Waals surface area contributed by atoms with Gasteiger partial charge in [-0.15, -0.1) is 0 Å². The fraction of sp³-hybridized carbons (Fsp3) is 0.583. The van der Waals surface area contributed by atoms with Crippen LogP contribution in [0.25, 0.3) is 16.9 Å². The van der Waals surface area contributed by atoms with E-state index in [1.807, 2.05) is 0 Å². The Kier molecular flexibility index (Phi) is 4.48. The summed E-state index contributed by atoms with van der Waals surface area (Å²) in [6.07, 6.45) is 3.63. The van der Waals surface area contributed by atoms with Gasteiger partial charge in [-0.3, -0.25) is 9.48 Å². The summed E-state index contributed by atoms with van der Waals surface area (Å²) < 4.78 is 44.2. The van der Waals surface area contributed by atoms with Crippen LogP contribution in [0.2, 0.25) is 0 Å². The lowest BCUT2D eigenvalue weighted by molar-refractivity contribution is -0.142. The predicted molar refractivity (Wildman–Crippen MR) is 118 cm³/mol. The number of amides is 1. The van der Waals surface area contributed by atoms with Gasteiger partial charge in [-0.1, -0.05) is 0 Å². The van der Waals surface area contributed by atoms with E-state index in [1.54, 1.807) is 32.1 Å². The third kappa shape index (κ3) is 3.25. The number of hydrogen-bond acceptors (Lipinski definition) is 4. The summed E-state index contributed by atoms with van der Waals surface area (Å²) >= 11 is 0. The van der Waals surface area contributed by atoms with E-state index in [1.165, 1.54) is 30.0 Å². The zero-order valence-corrected chi connectivity index (χ0v) is 19.4. The van der Waals surface area contributed by atoms with Crippen molar-refractivity contribution in [2.75, 3.05) is 7.05 Å². The second-order valence-corrected chi connectivity index (χ2v) is 10.6. The number of aryl methyl sites for hydroxylation is 2. The molecule has 4 bridgehead atoms. The smallest absolute Gasteiger partial charge is 0.335 e. The lowest BCUT2D eigenvalue weighted by atomic mass is 9.52. The SMILES string of the molecule is Cc1nn(C)cc1-c1cc(C(F)(F)F)n2nc(C(=O)N(C)C34CC5CC(CC(C5)C3)C4)cc2n1. The van der Waals surface area contributed by atoms with Crippen molar-refractivity contribution in [3.8, 4) is 11.3 Å². The van der Waals surface area contributed by atoms with Crippen molar-refractivity contribution in [3.05, 3.63) is 35.4 Å². The molecule has 34 heavy (non-hydrogen) atoms. The average Bonchev–Trinajstić information content (AvgIpc) is 3.32. The molecule has 3 aromatic rings. The van der Waals surface area contributed by atoms with Crippen molar-refractivity contribution < 1.29 is 18.0 Å². The van der Waals surface area contributed by atoms with Gasteiger partial charge >= 0.3 is 6.18 Å². The third-order valence-electron chi connectivity index (χ3n) is 8.25. The first-order valence-electron chi connectivity index (χ1n) is 11.8. The quantitative estimate of drug-likeness (QED) is 0.563. The van der Waals surface area contributed by atoms with Gasteiger partial charge in [0.15, 0.2) is 17.0 Å². The Morgan fingerprint density at radius 3 is 2.24 bits per heavy atom. The standard InChI is InChI=1S/C24H27F3N6O/c1-13-17(12-31(2)29-13)18-7-20(24(25,26)27)33-21(28-18)8-19(30-33)22(34)32(3)23-9-14-4-15(10-23)6-16(5-14)11-23/h7-8,12,14-16H,4-6,9-11H2,1-3H3. The van der Waals surface area contributed by atoms with Crippen molar-refractivity contribution >= 4 is 11.6 Å². The number of rotatable bonds is 3. The minimum Gasteiger partial charge on any atom is -0.335 e. The molecular weight excluding hydrogens is 445 g/mol. The van der Waals surface area contributed by atoms with E-state index in [9.17, 15) is 18.0 Å². The first-order valence-corrected chi connectivity index (χ1v) is 11.8. The highest BCUT2D eigenvalue weighted by Gasteiger charge is 2.54. The van der Waals surface area contributed by atoms with Crippen LogP contribution < -0.4 is 0 Å². The number of nitrogens with zero attached hydrogens (tertiary/aromatic N) is 6. The second kappa shape index (κ2) is 7.05. The van der Waals surface area contributed by atoms with Crippen molar-refractivity contribution in [1.29, 1.82) is 0 Å². The Bertz CT molecular complexity index is 1270. The van der Waals surface area contributed by atoms with Crippen molar-refractivity contribution in [3.63, 3.8) is 0 Å². The van der Waals surface area contributed by atoms with E-state index in [0.717, 1.165) is 29.8 Å². The maximum Gasteiger partial charge on any atom is 0.433 e. The first-order chi connectivity index (χ1) is 16.0. The average molecular weight is 473 g/mol. The van der Waals surface area contributed by atoms with Gasteiger partial charge in [0, 0.05) is 37.5 Å². The summed E-state index contributed by atoms with van der Waals surface area (Å²) in [5.74, 6) is 1.60. The Hall–Kier alpha value is -2.91. The van der Waals surface area contributed by atoms with Crippen LogP contribution in [0.4, 0.5) is 13.2 Å². The zero-order chi connectivity index (χ0) is 24.0. The van der Waals surface area contributed by atoms with Gasteiger partial charge in [-0.05, 0) is 69.3 Å². The summed E-state index contributed by atoms with van der Waals surface area (Å²) in [4.78, 5) is 19.7. The molecule has 0 radical (unpaired) electrons. The number of halogens is 3. The number of carbonyl (C=O) groups excluding carboxylic acids is 1. The summed E-state index contributed by atoms with van der Waals surface area (Å²) in [6.45, 7) is 1.72. The van der Waals surface area contributed by atoms with Crippen LogP contribution in [0.3, 0.4) is 0 Å². The molecule has 4 saturated carbocycles. The molecule has 7 nitrogen and oxygen atoms in total. The molecule has 4 fully saturated rings. The Morgan fingerprint density at radius 1 is 1.09 bits per heavy atom. The van der Waals surface area contributed by atoms with Crippen LogP contribution in [0.1, 0.15) is 60.4 Å². The first kappa shape index (κ1) is 21.6. The number of carbonyl (C=O) groups is 1. The van der Waals surface area contributed by atoms with E-state index in [0.29, 0.717) is 29.0 Å². The van der Waals surface area contributed by atoms with E-state index < -0.39 is 11.9 Å². The molecule has 3 heterocycles. The molecule has 0 aromatic carbocycles. The van der Waals surface area contributed by atoms with Gasteiger partial charge in [0.25, 0.3) is 5.91 Å². The zero-order valence-electron chi connectivity index (χ0n) is 19.4. The van der Waals surface area contributed by atoms with Crippen LogP contribution in [0, 0.1) is 24.7 Å². The molecule has 0 spiro atoms. The lowest BCUT2D eigenvalue weighted by Gasteiger charge is -2.59. The minimum atomic E-state index is -4.66. The fourth-order valence-electron chi connectivity index (χ4n) is 7.13. The summed E-state index contributed by atoms with van der Waals surface area (Å²) in [5, 5.41) is 8.33. The number of hydrogen-bond donors (Lipinski definition) is 0. The Labute approximate surface area is 194 Å². The summed E-state index contributed by atoms with van der Waals surface area (Å²) in [5.41, 5.74) is 0.0534. The second-order valence-electron chi connectivity index (χ2n) is 10.6. The van der Waals surface area contributed by atoms with Gasteiger partial charge in [-0.2, -0.15) is 23.4 Å². The van der Waals surface area contributed by atoms with E-state index in [-0.39, 0.29) is 28.5 Å². The number of aromatic nitrogens is 5. The molecule has 4 aliphatic carbocycles. The van der Waals surface area contributed by atoms with Crippen molar-refractivity contribution in [2.24, 2.45) is 24.8 Å². The van der Waals surface area contributed by atoms with E-state index in [4.69, 9.17) is 0 Å². The normalized spacial score (nSPS) is 28.1. The molecule has 0 atom stereocenters. The maximum atomic E-state index is 14.0. The molecule has 180 valence electrons. The minimum absolute atomic E-state index is 0.00342. The van der Waals surface area contributed by atoms with Gasteiger partial charge in [0.2, 0.25) is 0 Å². The summed E-state index contributed by atoms with van der Waals surface area (Å²) in [7, 11) is 3.50. The largest absolute Gasteiger partial charge is 0.433 e. The molecule has 0 aliphatic heterocycles. The van der Waals surface area contributed by atoms with Gasteiger partial charge in [0.05, 0.1) is 11.4 Å². The molecule has 7 rings (SSSR count). The van der Waals surface area contributed by atoms with Crippen molar-refractivity contribution in [1.82, 2.24) is 29.3 Å². The molecule has 10 heteroatoms. The van der Waals surface area contributed by atoms with Crippen LogP contribution in [0.15, 0.2) is 18.3 Å². The Morgan fingerprint density at radius 2 is 1.71 bits per heavy atom. The number of alkyl halides is 3. The topological polar surface area (TPSA) is 68.3 Å². The molecule has 0 unspecified atom stereocenters. The fourth-order valence-corrected chi connectivity index (χ4v) is 7.13. The third-order valence-corrected chi connectivity index (χ3v) is 8.25. The molecule has 0 saturated heterocycles. The Balaban J connectivity index is 1.41. The van der Waals surface area contributed by atoms with Crippen LogP contribution >= 0.6 is 0 Å². The molecular formula is C24H27F3N6O. The molecule has 3 aromatic heterocycles. The van der Waals surface area contributed by atoms with Gasteiger partial charge in [-0.25, -0.2) is 9.50 Å². The summed E-state index contributed by atoms with van der Waals surface area (Å²) in [6, 6.07) is 2.35. The van der Waals surface area contributed by atoms with Crippen LogP contribution in [-0.2, 0) is 13.2 Å².